The molecule has 0 aliphatic carbocycles. The molecule has 0 aliphatic rings. The molecule has 23 heavy (non-hydrogen) atoms. The highest BCUT2D eigenvalue weighted by Crippen LogP contribution is 2.25. The number of para-hydroxylation sites is 1. The number of thiazole rings is 1. The van der Waals surface area contributed by atoms with E-state index in [1.807, 2.05) is 31.2 Å². The third-order valence-electron chi connectivity index (χ3n) is 2.72. The summed E-state index contributed by atoms with van der Waals surface area (Å²) in [7, 11) is 0. The highest BCUT2D eigenvalue weighted by atomic mass is 32.2. The van der Waals surface area contributed by atoms with Crippen molar-refractivity contribution in [1.82, 2.24) is 15.2 Å². The van der Waals surface area contributed by atoms with Crippen molar-refractivity contribution in [1.29, 1.82) is 0 Å². The number of hydrogen-bond acceptors (Lipinski definition) is 8. The number of nitrogens with one attached hydrogen (secondary N) is 1. The van der Waals surface area contributed by atoms with Gasteiger partial charge in [0.25, 0.3) is 5.91 Å². The highest BCUT2D eigenvalue weighted by molar-refractivity contribution is 8.01. The number of ether oxygens (including phenoxy) is 1. The quantitative estimate of drug-likeness (QED) is 0.510. The monoisotopic (exact) mass is 366 g/mol. The topological polar surface area (TPSA) is 77.0 Å². The van der Waals surface area contributed by atoms with E-state index < -0.39 is 0 Å². The molecular formula is C14H14N4O2S3. The Labute approximate surface area is 145 Å². The second-order valence-corrected chi connectivity index (χ2v) is 8.03. The predicted octanol–water partition coefficient (Wildman–Crippen LogP) is 3.42. The molecule has 1 amide bonds. The van der Waals surface area contributed by atoms with Gasteiger partial charge in [0.15, 0.2) is 4.34 Å². The number of amides is 1. The van der Waals surface area contributed by atoms with E-state index >= 15 is 0 Å². The Morgan fingerprint density at radius 1 is 1.30 bits per heavy atom. The molecule has 0 saturated heterocycles. The molecule has 3 rings (SSSR count). The molecule has 120 valence electrons. The third kappa shape index (κ3) is 4.47. The van der Waals surface area contributed by atoms with Crippen molar-refractivity contribution in [2.75, 3.05) is 17.7 Å². The Morgan fingerprint density at radius 2 is 2.17 bits per heavy atom. The van der Waals surface area contributed by atoms with Crippen molar-refractivity contribution in [3.63, 3.8) is 0 Å². The molecule has 6 nitrogen and oxygen atoms in total. The molecule has 2 heterocycles. The average Bonchev–Trinajstić information content (AvgIpc) is 3.14. The smallest absolute Gasteiger partial charge is 0.252 e. The van der Waals surface area contributed by atoms with E-state index in [-0.39, 0.29) is 12.5 Å². The zero-order valence-electron chi connectivity index (χ0n) is 12.3. The SMILES string of the molecule is CCSc1nnc(NC(=O)COCc2nc3ccccc3s2)s1. The van der Waals surface area contributed by atoms with Crippen molar-refractivity contribution < 1.29 is 9.53 Å². The molecule has 0 bridgehead atoms. The molecule has 0 unspecified atom stereocenters. The summed E-state index contributed by atoms with van der Waals surface area (Å²) in [6.45, 7) is 2.33. The van der Waals surface area contributed by atoms with Crippen LogP contribution in [-0.2, 0) is 16.1 Å². The number of hydrogen-bond donors (Lipinski definition) is 1. The molecule has 1 N–H and O–H groups in total. The Hall–Kier alpha value is -1.55. The second kappa shape index (κ2) is 7.82. The fourth-order valence-corrected chi connectivity index (χ4v) is 4.38. The van der Waals surface area contributed by atoms with Crippen LogP contribution in [0.5, 0.6) is 0 Å². The molecule has 0 saturated carbocycles. The van der Waals surface area contributed by atoms with Gasteiger partial charge in [0.05, 0.1) is 16.8 Å². The molecule has 9 heteroatoms. The zero-order chi connectivity index (χ0) is 16.1. The van der Waals surface area contributed by atoms with E-state index in [2.05, 4.69) is 20.5 Å². The van der Waals surface area contributed by atoms with E-state index in [4.69, 9.17) is 4.74 Å². The van der Waals surface area contributed by atoms with E-state index in [1.165, 1.54) is 11.3 Å². The van der Waals surface area contributed by atoms with Crippen LogP contribution in [0.15, 0.2) is 28.6 Å². The molecule has 0 aliphatic heterocycles. The van der Waals surface area contributed by atoms with Crippen LogP contribution in [0.2, 0.25) is 0 Å². The Morgan fingerprint density at radius 3 is 3.00 bits per heavy atom. The molecule has 3 aromatic rings. The fraction of sp³-hybridized carbons (Fsp3) is 0.286. The maximum atomic E-state index is 11.8. The first-order valence-corrected chi connectivity index (χ1v) is 9.55. The summed E-state index contributed by atoms with van der Waals surface area (Å²) in [5.74, 6) is 0.684. The van der Waals surface area contributed by atoms with Gasteiger partial charge in [0.2, 0.25) is 5.13 Å². The Bertz CT molecular complexity index is 769. The molecule has 0 fully saturated rings. The second-order valence-electron chi connectivity index (χ2n) is 4.42. The van der Waals surface area contributed by atoms with Crippen molar-refractivity contribution in [2.24, 2.45) is 0 Å². The summed E-state index contributed by atoms with van der Waals surface area (Å²) in [5.41, 5.74) is 0.954. The van der Waals surface area contributed by atoms with E-state index in [1.54, 1.807) is 23.1 Å². The maximum Gasteiger partial charge on any atom is 0.252 e. The standard InChI is InChI=1S/C14H14N4O2S3/c1-2-21-14-18-17-13(23-14)16-11(19)7-20-8-12-15-9-5-3-4-6-10(9)22-12/h3-6H,2,7-8H2,1H3,(H,16,17,19). The lowest BCUT2D eigenvalue weighted by Gasteiger charge is -2.01. The van der Waals surface area contributed by atoms with Crippen LogP contribution in [0.1, 0.15) is 11.9 Å². The van der Waals surface area contributed by atoms with Gasteiger partial charge in [-0.2, -0.15) is 0 Å². The minimum absolute atomic E-state index is 0.0360. The van der Waals surface area contributed by atoms with Crippen LogP contribution in [0.3, 0.4) is 0 Å². The average molecular weight is 366 g/mol. The van der Waals surface area contributed by atoms with Crippen molar-refractivity contribution in [3.8, 4) is 0 Å². The van der Waals surface area contributed by atoms with Crippen molar-refractivity contribution >= 4 is 55.7 Å². The zero-order valence-corrected chi connectivity index (χ0v) is 14.8. The number of anilines is 1. The lowest BCUT2D eigenvalue weighted by molar-refractivity contribution is -0.121. The largest absolute Gasteiger partial charge is 0.364 e. The maximum absolute atomic E-state index is 11.8. The number of carbonyl (C=O) groups is 1. The van der Waals surface area contributed by atoms with Crippen LogP contribution >= 0.6 is 34.4 Å². The molecule has 0 spiro atoms. The van der Waals surface area contributed by atoms with Gasteiger partial charge in [-0.15, -0.1) is 21.5 Å². The summed E-state index contributed by atoms with van der Waals surface area (Å²) >= 11 is 4.53. The van der Waals surface area contributed by atoms with Crippen LogP contribution in [0, 0.1) is 0 Å². The van der Waals surface area contributed by atoms with Crippen LogP contribution in [0.25, 0.3) is 10.2 Å². The summed E-state index contributed by atoms with van der Waals surface area (Å²) in [6.07, 6.45) is 0. The minimum atomic E-state index is -0.240. The first-order chi connectivity index (χ1) is 11.2. The van der Waals surface area contributed by atoms with Crippen molar-refractivity contribution in [3.05, 3.63) is 29.3 Å². The van der Waals surface area contributed by atoms with Gasteiger partial charge in [-0.25, -0.2) is 4.98 Å². The van der Waals surface area contributed by atoms with Gasteiger partial charge >= 0.3 is 0 Å². The molecule has 1 aromatic carbocycles. The third-order valence-corrected chi connectivity index (χ3v) is 5.58. The molecule has 0 atom stereocenters. The predicted molar refractivity (Wildman–Crippen MR) is 94.2 cm³/mol. The van der Waals surface area contributed by atoms with Gasteiger partial charge < -0.3 is 4.74 Å². The van der Waals surface area contributed by atoms with Gasteiger partial charge in [0, 0.05) is 0 Å². The summed E-state index contributed by atoms with van der Waals surface area (Å²) in [5, 5.41) is 11.9. The fourth-order valence-electron chi connectivity index (χ4n) is 1.81. The van der Waals surface area contributed by atoms with Crippen LogP contribution in [-0.4, -0.2) is 33.4 Å². The normalized spacial score (nSPS) is 11.0. The number of nitrogens with zero attached hydrogens (tertiary/aromatic N) is 3. The van der Waals surface area contributed by atoms with E-state index in [0.717, 1.165) is 25.3 Å². The lowest BCUT2D eigenvalue weighted by atomic mass is 10.3. The number of thioether (sulfide) groups is 1. The van der Waals surface area contributed by atoms with Crippen LogP contribution < -0.4 is 5.32 Å². The number of fused-ring (bicyclic) bond motifs is 1. The van der Waals surface area contributed by atoms with Gasteiger partial charge in [0.1, 0.15) is 11.6 Å². The van der Waals surface area contributed by atoms with E-state index in [9.17, 15) is 4.79 Å². The van der Waals surface area contributed by atoms with Gasteiger partial charge in [-0.3, -0.25) is 10.1 Å². The molecule has 0 radical (unpaired) electrons. The lowest BCUT2D eigenvalue weighted by Crippen LogP contribution is -2.18. The highest BCUT2D eigenvalue weighted by Gasteiger charge is 2.09. The van der Waals surface area contributed by atoms with E-state index in [0.29, 0.717) is 11.7 Å². The van der Waals surface area contributed by atoms with Gasteiger partial charge in [-0.1, -0.05) is 42.2 Å². The van der Waals surface area contributed by atoms with Crippen molar-refractivity contribution in [2.45, 2.75) is 17.9 Å². The first-order valence-electron chi connectivity index (χ1n) is 6.93. The minimum Gasteiger partial charge on any atom is -0.364 e. The number of aromatic nitrogens is 3. The summed E-state index contributed by atoms with van der Waals surface area (Å²) < 4.78 is 7.39. The molecular weight excluding hydrogens is 352 g/mol. The Balaban J connectivity index is 1.46. The Kier molecular flexibility index (Phi) is 5.55. The summed E-state index contributed by atoms with van der Waals surface area (Å²) in [6, 6.07) is 7.91. The first kappa shape index (κ1) is 16.3. The summed E-state index contributed by atoms with van der Waals surface area (Å²) in [4.78, 5) is 16.3. The number of carbonyl (C=O) groups excluding carboxylic acids is 1. The van der Waals surface area contributed by atoms with Gasteiger partial charge in [-0.05, 0) is 17.9 Å². The number of rotatable bonds is 7. The molecule has 2 aromatic heterocycles. The van der Waals surface area contributed by atoms with Crippen LogP contribution in [0.4, 0.5) is 5.13 Å². The number of benzene rings is 1.